The Kier molecular flexibility index (Phi) is 6.76. The lowest BCUT2D eigenvalue weighted by atomic mass is 9.97. The molecule has 0 atom stereocenters. The Morgan fingerprint density at radius 2 is 1.47 bits per heavy atom. The van der Waals surface area contributed by atoms with Crippen LogP contribution in [0.5, 0.6) is 5.75 Å². The second-order valence-electron chi connectivity index (χ2n) is 9.49. The number of halogens is 3. The fraction of sp³-hybridized carbons (Fsp3) is 0.241. The molecule has 1 aromatic heterocycles. The molecule has 4 aromatic rings. The molecular formula is C29H27F3N2O2. The lowest BCUT2D eigenvalue weighted by molar-refractivity contribution is -0.143. The van der Waals surface area contributed by atoms with E-state index in [1.165, 1.54) is 16.8 Å². The van der Waals surface area contributed by atoms with Gasteiger partial charge in [-0.05, 0) is 63.6 Å². The second-order valence-corrected chi connectivity index (χ2v) is 9.49. The number of esters is 1. The third kappa shape index (κ3) is 5.05. The zero-order chi connectivity index (χ0) is 26.1. The minimum atomic E-state index is -4.55. The van der Waals surface area contributed by atoms with Crippen LogP contribution in [0.3, 0.4) is 0 Å². The Morgan fingerprint density at radius 3 is 2.06 bits per heavy atom. The number of alkyl halides is 3. The van der Waals surface area contributed by atoms with Crippen molar-refractivity contribution in [3.63, 3.8) is 0 Å². The van der Waals surface area contributed by atoms with Crippen LogP contribution in [-0.2, 0) is 17.4 Å². The molecule has 7 heteroatoms. The molecular weight excluding hydrogens is 465 g/mol. The molecule has 186 valence electrons. The number of rotatable bonds is 5. The third-order valence-electron chi connectivity index (χ3n) is 5.77. The molecule has 1 heterocycles. The number of carbonyl (C=O) groups is 1. The van der Waals surface area contributed by atoms with Crippen molar-refractivity contribution in [1.82, 2.24) is 9.78 Å². The average molecular weight is 493 g/mol. The maximum Gasteiger partial charge on any atom is 0.418 e. The highest BCUT2D eigenvalue weighted by Gasteiger charge is 2.35. The van der Waals surface area contributed by atoms with Crippen molar-refractivity contribution in [2.24, 2.45) is 5.41 Å². The fourth-order valence-electron chi connectivity index (χ4n) is 3.92. The van der Waals surface area contributed by atoms with Gasteiger partial charge in [0.25, 0.3) is 0 Å². The second kappa shape index (κ2) is 9.64. The Hall–Kier alpha value is -3.87. The molecule has 4 nitrogen and oxygen atoms in total. The van der Waals surface area contributed by atoms with Gasteiger partial charge >= 0.3 is 12.1 Å². The highest BCUT2D eigenvalue weighted by molar-refractivity contribution is 5.79. The standard InChI is InChI=1S/C29H27F3N2O2/c1-5-22-25(19-11-7-6-8-12-19)33-34(24-14-10-9-13-23(24)29(30,31)32)26(22)20-15-17-21(18-16-20)36-27(35)28(2,3)4/h6-18H,5H2,1-4H3. The molecule has 4 rings (SSSR count). The predicted octanol–water partition coefficient (Wildman–Crippen LogP) is 7.74. The van der Waals surface area contributed by atoms with Crippen molar-refractivity contribution >= 4 is 5.97 Å². The van der Waals surface area contributed by atoms with Crippen LogP contribution in [0.15, 0.2) is 78.9 Å². The van der Waals surface area contributed by atoms with Gasteiger partial charge in [-0.1, -0.05) is 49.4 Å². The maximum absolute atomic E-state index is 14.0. The summed E-state index contributed by atoms with van der Waals surface area (Å²) in [6.07, 6.45) is -4.00. The summed E-state index contributed by atoms with van der Waals surface area (Å²) in [5.41, 5.74) is 1.97. The van der Waals surface area contributed by atoms with E-state index >= 15 is 0 Å². The number of carbonyl (C=O) groups excluding carboxylic acids is 1. The first-order chi connectivity index (χ1) is 17.0. The van der Waals surface area contributed by atoms with Crippen LogP contribution in [-0.4, -0.2) is 15.7 Å². The maximum atomic E-state index is 14.0. The van der Waals surface area contributed by atoms with Gasteiger partial charge in [0.15, 0.2) is 0 Å². The van der Waals surface area contributed by atoms with E-state index in [0.717, 1.165) is 17.2 Å². The number of ether oxygens (including phenoxy) is 1. The number of hydrogen-bond donors (Lipinski definition) is 0. The summed E-state index contributed by atoms with van der Waals surface area (Å²) < 4.78 is 48.7. The van der Waals surface area contributed by atoms with Crippen LogP contribution in [0.2, 0.25) is 0 Å². The van der Waals surface area contributed by atoms with Crippen LogP contribution >= 0.6 is 0 Å². The van der Waals surface area contributed by atoms with Crippen molar-refractivity contribution in [1.29, 1.82) is 0 Å². The van der Waals surface area contributed by atoms with Gasteiger partial charge in [-0.15, -0.1) is 0 Å². The lowest BCUT2D eigenvalue weighted by Gasteiger charge is -2.17. The first-order valence-corrected chi connectivity index (χ1v) is 11.7. The van der Waals surface area contributed by atoms with Gasteiger partial charge in [0.2, 0.25) is 0 Å². The monoisotopic (exact) mass is 492 g/mol. The number of aromatic nitrogens is 2. The molecule has 0 radical (unpaired) electrons. The van der Waals surface area contributed by atoms with E-state index in [-0.39, 0.29) is 11.7 Å². The number of hydrogen-bond acceptors (Lipinski definition) is 3. The minimum Gasteiger partial charge on any atom is -0.426 e. The third-order valence-corrected chi connectivity index (χ3v) is 5.77. The summed E-state index contributed by atoms with van der Waals surface area (Å²) in [5.74, 6) is -0.0122. The molecule has 0 spiro atoms. The molecule has 0 fully saturated rings. The topological polar surface area (TPSA) is 44.1 Å². The van der Waals surface area contributed by atoms with E-state index in [0.29, 0.717) is 29.1 Å². The average Bonchev–Trinajstić information content (AvgIpc) is 3.23. The van der Waals surface area contributed by atoms with Gasteiger partial charge in [0.05, 0.1) is 28.1 Å². The summed E-state index contributed by atoms with van der Waals surface area (Å²) in [5, 5.41) is 4.71. The lowest BCUT2D eigenvalue weighted by Crippen LogP contribution is -2.25. The van der Waals surface area contributed by atoms with Gasteiger partial charge < -0.3 is 4.74 Å². The van der Waals surface area contributed by atoms with Gasteiger partial charge in [0, 0.05) is 16.7 Å². The van der Waals surface area contributed by atoms with Crippen LogP contribution in [0.4, 0.5) is 13.2 Å². The van der Waals surface area contributed by atoms with Crippen molar-refractivity contribution in [3.05, 3.63) is 90.0 Å². The molecule has 0 amide bonds. The van der Waals surface area contributed by atoms with Gasteiger partial charge in [-0.3, -0.25) is 4.79 Å². The normalized spacial score (nSPS) is 12.0. The molecule has 0 saturated carbocycles. The summed E-state index contributed by atoms with van der Waals surface area (Å²) >= 11 is 0. The Balaban J connectivity index is 1.91. The quantitative estimate of drug-likeness (QED) is 0.211. The Bertz CT molecular complexity index is 1370. The molecule has 0 saturated heterocycles. The van der Waals surface area contributed by atoms with Crippen molar-refractivity contribution in [3.8, 4) is 34.0 Å². The Morgan fingerprint density at radius 1 is 0.861 bits per heavy atom. The first kappa shape index (κ1) is 25.2. The van der Waals surface area contributed by atoms with Crippen LogP contribution in [0.25, 0.3) is 28.2 Å². The smallest absolute Gasteiger partial charge is 0.418 e. The summed E-state index contributed by atoms with van der Waals surface area (Å²) in [6, 6.07) is 21.6. The van der Waals surface area contributed by atoms with E-state index in [1.807, 2.05) is 37.3 Å². The fourth-order valence-corrected chi connectivity index (χ4v) is 3.92. The molecule has 0 aliphatic rings. The van der Waals surface area contributed by atoms with Gasteiger partial charge in [-0.25, -0.2) is 4.68 Å². The molecule has 3 aromatic carbocycles. The number of nitrogens with zero attached hydrogens (tertiary/aromatic N) is 2. The van der Waals surface area contributed by atoms with Crippen molar-refractivity contribution < 1.29 is 22.7 Å². The zero-order valence-electron chi connectivity index (χ0n) is 20.6. The van der Waals surface area contributed by atoms with Crippen LogP contribution in [0.1, 0.15) is 38.8 Å². The summed E-state index contributed by atoms with van der Waals surface area (Å²) in [7, 11) is 0. The van der Waals surface area contributed by atoms with E-state index in [9.17, 15) is 18.0 Å². The van der Waals surface area contributed by atoms with E-state index < -0.39 is 17.2 Å². The molecule has 0 bridgehead atoms. The Labute approximate surface area is 208 Å². The SMILES string of the molecule is CCc1c(-c2ccccc2)nn(-c2ccccc2C(F)(F)F)c1-c1ccc(OC(=O)C(C)(C)C)cc1. The molecule has 0 unspecified atom stereocenters. The molecule has 0 N–H and O–H groups in total. The predicted molar refractivity (Wildman–Crippen MR) is 134 cm³/mol. The van der Waals surface area contributed by atoms with Gasteiger partial charge in [0.1, 0.15) is 5.75 Å². The first-order valence-electron chi connectivity index (χ1n) is 11.7. The molecule has 36 heavy (non-hydrogen) atoms. The van der Waals surface area contributed by atoms with E-state index in [2.05, 4.69) is 0 Å². The highest BCUT2D eigenvalue weighted by Crippen LogP contribution is 2.39. The number of benzene rings is 3. The van der Waals surface area contributed by atoms with Crippen LogP contribution < -0.4 is 4.74 Å². The zero-order valence-corrected chi connectivity index (χ0v) is 20.6. The summed E-state index contributed by atoms with van der Waals surface area (Å²) in [6.45, 7) is 7.24. The minimum absolute atomic E-state index is 0.0554. The number of para-hydroxylation sites is 1. The molecule has 0 aliphatic heterocycles. The van der Waals surface area contributed by atoms with Crippen molar-refractivity contribution in [2.75, 3.05) is 0 Å². The van der Waals surface area contributed by atoms with Crippen molar-refractivity contribution in [2.45, 2.75) is 40.3 Å². The highest BCUT2D eigenvalue weighted by atomic mass is 19.4. The van der Waals surface area contributed by atoms with Crippen LogP contribution in [0, 0.1) is 5.41 Å². The van der Waals surface area contributed by atoms with Gasteiger partial charge in [-0.2, -0.15) is 18.3 Å². The largest absolute Gasteiger partial charge is 0.426 e. The summed E-state index contributed by atoms with van der Waals surface area (Å²) in [4.78, 5) is 12.3. The van der Waals surface area contributed by atoms with E-state index in [1.54, 1.807) is 51.1 Å². The molecule has 0 aliphatic carbocycles. The van der Waals surface area contributed by atoms with E-state index in [4.69, 9.17) is 9.84 Å².